The number of carboxylic acids is 1. The summed E-state index contributed by atoms with van der Waals surface area (Å²) in [5.74, 6) is -1.29. The molecule has 1 fully saturated rings. The molecule has 0 bridgehead atoms. The Bertz CT molecular complexity index is 403. The molecule has 1 atom stereocenters. The standard InChI is InChI=1S/C14H27N5O3/c15-11(7-4-8-18-14(16)17)13(22)19(9-12(20)21)10-5-2-1-3-6-10/h10-11H,1-9,15H2,(H,20,21)(H4,16,17,18)/t11-/m0/s1. The zero-order chi connectivity index (χ0) is 16.5. The van der Waals surface area contributed by atoms with Crippen LogP contribution in [0.5, 0.6) is 0 Å². The summed E-state index contributed by atoms with van der Waals surface area (Å²) in [5.41, 5.74) is 16.4. The second kappa shape index (κ2) is 9.24. The molecule has 0 radical (unpaired) electrons. The predicted octanol–water partition coefficient (Wildman–Crippen LogP) is -0.387. The number of carbonyl (C=O) groups is 2. The number of hydrogen-bond donors (Lipinski definition) is 4. The van der Waals surface area contributed by atoms with E-state index in [1.165, 1.54) is 4.90 Å². The molecule has 0 saturated heterocycles. The number of amides is 1. The first-order valence-corrected chi connectivity index (χ1v) is 7.75. The summed E-state index contributed by atoms with van der Waals surface area (Å²) in [4.78, 5) is 28.8. The van der Waals surface area contributed by atoms with Crippen LogP contribution in [0.4, 0.5) is 0 Å². The first-order chi connectivity index (χ1) is 10.4. The van der Waals surface area contributed by atoms with Crippen molar-refractivity contribution in [3.63, 3.8) is 0 Å². The minimum atomic E-state index is -1.01. The molecule has 0 heterocycles. The molecule has 1 saturated carbocycles. The van der Waals surface area contributed by atoms with Crippen molar-refractivity contribution in [3.05, 3.63) is 0 Å². The van der Waals surface area contributed by atoms with Gasteiger partial charge in [0, 0.05) is 12.6 Å². The third-order valence-corrected chi connectivity index (χ3v) is 3.89. The Balaban J connectivity index is 2.57. The lowest BCUT2D eigenvalue weighted by atomic mass is 9.93. The highest BCUT2D eigenvalue weighted by Gasteiger charge is 2.30. The molecule has 0 unspecified atom stereocenters. The van der Waals surface area contributed by atoms with E-state index in [0.717, 1.165) is 32.1 Å². The molecule has 22 heavy (non-hydrogen) atoms. The summed E-state index contributed by atoms with van der Waals surface area (Å²) >= 11 is 0. The summed E-state index contributed by atoms with van der Waals surface area (Å²) in [6, 6.07) is -0.725. The van der Waals surface area contributed by atoms with Gasteiger partial charge in [0.2, 0.25) is 5.91 Å². The number of hydrogen-bond acceptors (Lipinski definition) is 4. The maximum atomic E-state index is 12.5. The van der Waals surface area contributed by atoms with Crippen molar-refractivity contribution < 1.29 is 14.7 Å². The van der Waals surface area contributed by atoms with E-state index in [-0.39, 0.29) is 24.5 Å². The van der Waals surface area contributed by atoms with Gasteiger partial charge in [-0.25, -0.2) is 0 Å². The SMILES string of the molecule is NC(N)=NCCC[C@H](N)C(=O)N(CC(=O)O)C1CCCCC1. The van der Waals surface area contributed by atoms with Crippen molar-refractivity contribution in [2.45, 2.75) is 57.0 Å². The Kier molecular flexibility index (Phi) is 7.65. The van der Waals surface area contributed by atoms with Gasteiger partial charge < -0.3 is 27.2 Å². The number of nitrogens with zero attached hydrogens (tertiary/aromatic N) is 2. The quantitative estimate of drug-likeness (QED) is 0.272. The molecule has 0 aromatic rings. The van der Waals surface area contributed by atoms with Crippen molar-refractivity contribution in [2.75, 3.05) is 13.1 Å². The molecule has 1 aliphatic carbocycles. The van der Waals surface area contributed by atoms with Gasteiger partial charge in [0.15, 0.2) is 5.96 Å². The molecule has 0 aliphatic heterocycles. The van der Waals surface area contributed by atoms with Gasteiger partial charge in [-0.1, -0.05) is 19.3 Å². The van der Waals surface area contributed by atoms with E-state index in [0.29, 0.717) is 19.4 Å². The van der Waals surface area contributed by atoms with Crippen molar-refractivity contribution in [3.8, 4) is 0 Å². The van der Waals surface area contributed by atoms with Crippen molar-refractivity contribution in [2.24, 2.45) is 22.2 Å². The Hall–Kier alpha value is -1.83. The fourth-order valence-corrected chi connectivity index (χ4v) is 2.78. The summed E-state index contributed by atoms with van der Waals surface area (Å²) in [7, 11) is 0. The average molecular weight is 313 g/mol. The normalized spacial score (nSPS) is 16.8. The summed E-state index contributed by atoms with van der Waals surface area (Å²) in [6.45, 7) is 0.122. The highest BCUT2D eigenvalue weighted by Crippen LogP contribution is 2.23. The summed E-state index contributed by atoms with van der Waals surface area (Å²) in [5, 5.41) is 9.04. The molecule has 0 spiro atoms. The van der Waals surface area contributed by atoms with Crippen LogP contribution in [0.2, 0.25) is 0 Å². The second-order valence-electron chi connectivity index (χ2n) is 5.71. The third kappa shape index (κ3) is 6.30. The van der Waals surface area contributed by atoms with E-state index in [1.54, 1.807) is 0 Å². The molecule has 0 aromatic carbocycles. The minimum Gasteiger partial charge on any atom is -0.480 e. The van der Waals surface area contributed by atoms with Crippen LogP contribution in [0.15, 0.2) is 4.99 Å². The van der Waals surface area contributed by atoms with Gasteiger partial charge >= 0.3 is 5.97 Å². The smallest absolute Gasteiger partial charge is 0.323 e. The van der Waals surface area contributed by atoms with E-state index >= 15 is 0 Å². The maximum Gasteiger partial charge on any atom is 0.323 e. The Labute approximate surface area is 130 Å². The topological polar surface area (TPSA) is 148 Å². The summed E-state index contributed by atoms with van der Waals surface area (Å²) < 4.78 is 0. The van der Waals surface area contributed by atoms with E-state index in [9.17, 15) is 9.59 Å². The fourth-order valence-electron chi connectivity index (χ4n) is 2.78. The minimum absolute atomic E-state index is 0.00890. The Morgan fingerprint density at radius 3 is 2.41 bits per heavy atom. The fraction of sp³-hybridized carbons (Fsp3) is 0.786. The predicted molar refractivity (Wildman–Crippen MR) is 84.1 cm³/mol. The van der Waals surface area contributed by atoms with Gasteiger partial charge in [-0.15, -0.1) is 0 Å². The molecular formula is C14H27N5O3. The van der Waals surface area contributed by atoms with Crippen LogP contribution in [0.3, 0.4) is 0 Å². The maximum absolute atomic E-state index is 12.5. The largest absolute Gasteiger partial charge is 0.480 e. The van der Waals surface area contributed by atoms with Crippen LogP contribution in [0.1, 0.15) is 44.9 Å². The number of carboxylic acid groups (broad SMARTS) is 1. The van der Waals surface area contributed by atoms with Gasteiger partial charge in [0.25, 0.3) is 0 Å². The molecule has 7 N–H and O–H groups in total. The number of aliphatic imine (C=N–C) groups is 1. The number of rotatable bonds is 8. The number of carbonyl (C=O) groups excluding carboxylic acids is 1. The number of guanidine groups is 1. The highest BCUT2D eigenvalue weighted by molar-refractivity contribution is 5.85. The van der Waals surface area contributed by atoms with Gasteiger partial charge in [-0.2, -0.15) is 0 Å². The molecule has 126 valence electrons. The summed E-state index contributed by atoms with van der Waals surface area (Å²) in [6.07, 6.45) is 5.88. The van der Waals surface area contributed by atoms with Crippen LogP contribution in [0.25, 0.3) is 0 Å². The van der Waals surface area contributed by atoms with Crippen molar-refractivity contribution >= 4 is 17.8 Å². The van der Waals surface area contributed by atoms with E-state index in [1.807, 2.05) is 0 Å². The lowest BCUT2D eigenvalue weighted by Gasteiger charge is -2.34. The number of aliphatic carboxylic acids is 1. The van der Waals surface area contributed by atoms with Crippen LogP contribution >= 0.6 is 0 Å². The molecule has 1 aliphatic rings. The van der Waals surface area contributed by atoms with E-state index < -0.39 is 12.0 Å². The Morgan fingerprint density at radius 1 is 1.23 bits per heavy atom. The molecular weight excluding hydrogens is 286 g/mol. The van der Waals surface area contributed by atoms with Crippen LogP contribution in [0, 0.1) is 0 Å². The van der Waals surface area contributed by atoms with E-state index in [4.69, 9.17) is 22.3 Å². The number of nitrogens with two attached hydrogens (primary N) is 3. The highest BCUT2D eigenvalue weighted by atomic mass is 16.4. The van der Waals surface area contributed by atoms with Gasteiger partial charge in [0.05, 0.1) is 6.04 Å². The second-order valence-corrected chi connectivity index (χ2v) is 5.71. The first kappa shape index (κ1) is 18.2. The van der Waals surface area contributed by atoms with Crippen molar-refractivity contribution in [1.82, 2.24) is 4.90 Å². The molecule has 1 rings (SSSR count). The van der Waals surface area contributed by atoms with Gasteiger partial charge in [-0.05, 0) is 25.7 Å². The van der Waals surface area contributed by atoms with E-state index in [2.05, 4.69) is 4.99 Å². The first-order valence-electron chi connectivity index (χ1n) is 7.75. The third-order valence-electron chi connectivity index (χ3n) is 3.89. The lowest BCUT2D eigenvalue weighted by Crippen LogP contribution is -2.51. The van der Waals surface area contributed by atoms with Crippen LogP contribution in [-0.2, 0) is 9.59 Å². The molecule has 0 aromatic heterocycles. The van der Waals surface area contributed by atoms with Crippen LogP contribution < -0.4 is 17.2 Å². The molecule has 1 amide bonds. The van der Waals surface area contributed by atoms with Gasteiger partial charge in [0.1, 0.15) is 6.54 Å². The monoisotopic (exact) mass is 313 g/mol. The zero-order valence-electron chi connectivity index (χ0n) is 12.9. The average Bonchev–Trinajstić information content (AvgIpc) is 2.48. The van der Waals surface area contributed by atoms with Crippen molar-refractivity contribution in [1.29, 1.82) is 0 Å². The molecule has 8 nitrogen and oxygen atoms in total. The zero-order valence-corrected chi connectivity index (χ0v) is 12.9. The van der Waals surface area contributed by atoms with Gasteiger partial charge in [-0.3, -0.25) is 14.6 Å². The lowest BCUT2D eigenvalue weighted by molar-refractivity contribution is -0.147. The Morgan fingerprint density at radius 2 is 1.86 bits per heavy atom. The van der Waals surface area contributed by atoms with Crippen LogP contribution in [-0.4, -0.2) is 53.0 Å². The molecule has 8 heteroatoms.